The highest BCUT2D eigenvalue weighted by atomic mass is 19.2. The fraction of sp³-hybridized carbons (Fsp3) is 0.375. The van der Waals surface area contributed by atoms with Crippen LogP contribution in [-0.4, -0.2) is 47.2 Å². The van der Waals surface area contributed by atoms with E-state index in [1.54, 1.807) is 4.90 Å². The molecule has 0 bridgehead atoms. The number of nitrogens with zero attached hydrogens (tertiary/aromatic N) is 3. The molecular formula is C16H18F2N4O. The third-order valence-corrected chi connectivity index (χ3v) is 4.14. The van der Waals surface area contributed by atoms with E-state index in [0.29, 0.717) is 26.2 Å². The highest BCUT2D eigenvalue weighted by molar-refractivity contribution is 5.94. The topological polar surface area (TPSA) is 52.2 Å². The molecule has 1 saturated heterocycles. The Morgan fingerprint density at radius 1 is 1.13 bits per heavy atom. The molecular weight excluding hydrogens is 302 g/mol. The van der Waals surface area contributed by atoms with Crippen LogP contribution in [0.4, 0.5) is 14.5 Å². The summed E-state index contributed by atoms with van der Waals surface area (Å²) in [5, 5.41) is 7.14. The third-order valence-electron chi connectivity index (χ3n) is 4.14. The maximum Gasteiger partial charge on any atom is 0.254 e. The Kier molecular flexibility index (Phi) is 4.02. The highest BCUT2D eigenvalue weighted by Gasteiger charge is 2.25. The molecule has 1 aliphatic heterocycles. The summed E-state index contributed by atoms with van der Waals surface area (Å²) in [6, 6.07) is 3.25. The molecule has 1 fully saturated rings. The molecule has 1 aromatic heterocycles. The van der Waals surface area contributed by atoms with Gasteiger partial charge in [0.1, 0.15) is 0 Å². The number of hydrogen-bond donors (Lipinski definition) is 1. The van der Waals surface area contributed by atoms with Gasteiger partial charge in [0.15, 0.2) is 11.6 Å². The van der Waals surface area contributed by atoms with Crippen molar-refractivity contribution in [3.63, 3.8) is 0 Å². The largest absolute Gasteiger partial charge is 0.365 e. The predicted molar refractivity (Wildman–Crippen MR) is 82.5 cm³/mol. The number of halogens is 2. The van der Waals surface area contributed by atoms with Crippen LogP contribution in [0.15, 0.2) is 18.2 Å². The van der Waals surface area contributed by atoms with Crippen molar-refractivity contribution in [3.8, 4) is 0 Å². The summed E-state index contributed by atoms with van der Waals surface area (Å²) in [6.45, 7) is 6.32. The minimum atomic E-state index is -1.00. The number of carbonyl (C=O) groups is 1. The standard InChI is InChI=1S/C16H18F2N4O/c1-10-15(11(2)20-19-10)21-5-7-22(8-6-21)16(23)12-3-4-13(17)14(18)9-12/h3-4,9H,5-8H2,1-2H3,(H,19,20). The zero-order valence-electron chi connectivity index (χ0n) is 13.1. The first-order valence-electron chi connectivity index (χ1n) is 7.48. The van der Waals surface area contributed by atoms with E-state index in [0.717, 1.165) is 29.2 Å². The van der Waals surface area contributed by atoms with Crippen LogP contribution in [0.2, 0.25) is 0 Å². The van der Waals surface area contributed by atoms with Crippen molar-refractivity contribution < 1.29 is 13.6 Å². The van der Waals surface area contributed by atoms with Crippen molar-refractivity contribution in [2.75, 3.05) is 31.1 Å². The number of benzene rings is 1. The van der Waals surface area contributed by atoms with Crippen molar-refractivity contribution in [1.82, 2.24) is 15.1 Å². The highest BCUT2D eigenvalue weighted by Crippen LogP contribution is 2.23. The molecule has 0 aliphatic carbocycles. The minimum Gasteiger partial charge on any atom is -0.365 e. The number of carbonyl (C=O) groups excluding carboxylic acids is 1. The Bertz CT molecular complexity index is 716. The number of rotatable bonds is 2. The molecule has 1 aromatic carbocycles. The van der Waals surface area contributed by atoms with Crippen molar-refractivity contribution in [2.24, 2.45) is 0 Å². The molecule has 1 amide bonds. The van der Waals surface area contributed by atoms with Gasteiger partial charge >= 0.3 is 0 Å². The third kappa shape index (κ3) is 2.91. The molecule has 2 aromatic rings. The molecule has 1 N–H and O–H groups in total. The number of anilines is 1. The van der Waals surface area contributed by atoms with Crippen LogP contribution < -0.4 is 4.90 Å². The maximum atomic E-state index is 13.3. The molecule has 1 aliphatic rings. The lowest BCUT2D eigenvalue weighted by Gasteiger charge is -2.36. The Balaban J connectivity index is 1.69. The fourth-order valence-corrected chi connectivity index (χ4v) is 2.96. The molecule has 0 saturated carbocycles. The van der Waals surface area contributed by atoms with E-state index in [1.165, 1.54) is 6.07 Å². The summed E-state index contributed by atoms with van der Waals surface area (Å²) in [6.07, 6.45) is 0. The van der Waals surface area contributed by atoms with Gasteiger partial charge in [0, 0.05) is 31.7 Å². The first kappa shape index (κ1) is 15.5. The molecule has 7 heteroatoms. The van der Waals surface area contributed by atoms with Crippen LogP contribution in [0.3, 0.4) is 0 Å². The van der Waals surface area contributed by atoms with Crippen LogP contribution >= 0.6 is 0 Å². The number of amides is 1. The Hall–Kier alpha value is -2.44. The second-order valence-corrected chi connectivity index (χ2v) is 5.69. The van der Waals surface area contributed by atoms with E-state index in [9.17, 15) is 13.6 Å². The van der Waals surface area contributed by atoms with E-state index in [1.807, 2.05) is 13.8 Å². The van der Waals surface area contributed by atoms with Crippen molar-refractivity contribution in [1.29, 1.82) is 0 Å². The van der Waals surface area contributed by atoms with E-state index in [2.05, 4.69) is 15.1 Å². The van der Waals surface area contributed by atoms with Crippen LogP contribution in [0.25, 0.3) is 0 Å². The zero-order valence-corrected chi connectivity index (χ0v) is 13.1. The number of aromatic nitrogens is 2. The van der Waals surface area contributed by atoms with Gasteiger partial charge in [-0.3, -0.25) is 9.89 Å². The Morgan fingerprint density at radius 3 is 2.39 bits per heavy atom. The van der Waals surface area contributed by atoms with Gasteiger partial charge in [-0.25, -0.2) is 8.78 Å². The van der Waals surface area contributed by atoms with Gasteiger partial charge in [0.05, 0.1) is 17.1 Å². The van der Waals surface area contributed by atoms with Crippen LogP contribution in [0.5, 0.6) is 0 Å². The minimum absolute atomic E-state index is 0.174. The summed E-state index contributed by atoms with van der Waals surface area (Å²) in [5.41, 5.74) is 3.18. The number of H-pyrrole nitrogens is 1. The maximum absolute atomic E-state index is 13.3. The molecule has 2 heterocycles. The monoisotopic (exact) mass is 320 g/mol. The predicted octanol–water partition coefficient (Wildman–Crippen LogP) is 2.27. The van der Waals surface area contributed by atoms with E-state index < -0.39 is 11.6 Å². The second kappa shape index (κ2) is 5.98. The number of piperazine rings is 1. The van der Waals surface area contributed by atoms with Gasteiger partial charge in [-0.1, -0.05) is 0 Å². The van der Waals surface area contributed by atoms with Gasteiger partial charge in [-0.15, -0.1) is 0 Å². The molecule has 5 nitrogen and oxygen atoms in total. The normalized spacial score (nSPS) is 15.1. The molecule has 0 unspecified atom stereocenters. The molecule has 3 rings (SSSR count). The Morgan fingerprint density at radius 2 is 1.83 bits per heavy atom. The Labute approximate surface area is 132 Å². The van der Waals surface area contributed by atoms with Gasteiger partial charge < -0.3 is 9.80 Å². The first-order valence-corrected chi connectivity index (χ1v) is 7.48. The van der Waals surface area contributed by atoms with E-state index in [-0.39, 0.29) is 11.5 Å². The van der Waals surface area contributed by atoms with Gasteiger partial charge in [-0.05, 0) is 32.0 Å². The lowest BCUT2D eigenvalue weighted by atomic mass is 10.1. The number of aryl methyl sites for hydroxylation is 2. The SMILES string of the molecule is Cc1n[nH]c(C)c1N1CCN(C(=O)c2ccc(F)c(F)c2)CC1. The molecule has 23 heavy (non-hydrogen) atoms. The lowest BCUT2D eigenvalue weighted by Crippen LogP contribution is -2.49. The fourth-order valence-electron chi connectivity index (χ4n) is 2.96. The smallest absolute Gasteiger partial charge is 0.254 e. The summed E-state index contributed by atoms with van der Waals surface area (Å²) < 4.78 is 26.3. The van der Waals surface area contributed by atoms with Gasteiger partial charge in [0.2, 0.25) is 0 Å². The average Bonchev–Trinajstić information content (AvgIpc) is 2.88. The van der Waals surface area contributed by atoms with Crippen LogP contribution in [0.1, 0.15) is 21.7 Å². The van der Waals surface area contributed by atoms with Crippen molar-refractivity contribution in [3.05, 3.63) is 46.8 Å². The molecule has 0 spiro atoms. The number of aromatic amines is 1. The summed E-state index contributed by atoms with van der Waals surface area (Å²) in [4.78, 5) is 16.2. The van der Waals surface area contributed by atoms with Gasteiger partial charge in [0.25, 0.3) is 5.91 Å². The van der Waals surface area contributed by atoms with E-state index in [4.69, 9.17) is 0 Å². The summed E-state index contributed by atoms with van der Waals surface area (Å²) >= 11 is 0. The second-order valence-electron chi connectivity index (χ2n) is 5.69. The number of nitrogens with one attached hydrogen (secondary N) is 1. The van der Waals surface area contributed by atoms with Gasteiger partial charge in [-0.2, -0.15) is 5.10 Å². The van der Waals surface area contributed by atoms with Crippen LogP contribution in [0, 0.1) is 25.5 Å². The van der Waals surface area contributed by atoms with Crippen LogP contribution in [-0.2, 0) is 0 Å². The number of hydrogen-bond acceptors (Lipinski definition) is 3. The summed E-state index contributed by atoms with van der Waals surface area (Å²) in [7, 11) is 0. The molecule has 0 radical (unpaired) electrons. The zero-order chi connectivity index (χ0) is 16.6. The first-order chi connectivity index (χ1) is 11.0. The average molecular weight is 320 g/mol. The van der Waals surface area contributed by atoms with Crippen molar-refractivity contribution >= 4 is 11.6 Å². The summed E-state index contributed by atoms with van der Waals surface area (Å²) in [5.74, 6) is -2.22. The molecule has 0 atom stereocenters. The van der Waals surface area contributed by atoms with Crippen molar-refractivity contribution in [2.45, 2.75) is 13.8 Å². The van der Waals surface area contributed by atoms with E-state index >= 15 is 0 Å². The quantitative estimate of drug-likeness (QED) is 0.923. The lowest BCUT2D eigenvalue weighted by molar-refractivity contribution is 0.0746. The molecule has 122 valence electrons.